The van der Waals surface area contributed by atoms with Crippen LogP contribution in [-0.2, 0) is 50.3 Å². The Morgan fingerprint density at radius 2 is 1.29 bits per heavy atom. The zero-order chi connectivity index (χ0) is 42.7. The Kier molecular flexibility index (Phi) is 27.0. The number of nitrogens with zero attached hydrogens (tertiary/aromatic N) is 1. The van der Waals surface area contributed by atoms with E-state index >= 15 is 0 Å². The highest BCUT2D eigenvalue weighted by atomic mass is 31.2. The van der Waals surface area contributed by atoms with Crippen molar-refractivity contribution in [3.05, 3.63) is 34.8 Å². The quantitative estimate of drug-likeness (QED) is 0.0172. The SMILES string of the molecule is CCCCCc1oc(CCCCCCCCC(=O)OC[C@H](COP(=O)(O)OCC[N+](C)(C)C)OC(=O)CCCCCCC/C=C\CC2OC2CCCCC)c(C)c1C. The van der Waals surface area contributed by atoms with Crippen LogP contribution in [0.5, 0.6) is 0 Å². The van der Waals surface area contributed by atoms with Crippen molar-refractivity contribution in [2.24, 2.45) is 0 Å². The Hall–Kier alpha value is -2.01. The third-order valence-corrected chi connectivity index (χ3v) is 11.9. The highest BCUT2D eigenvalue weighted by Gasteiger charge is 2.36. The number of esters is 2. The van der Waals surface area contributed by atoms with Crippen LogP contribution < -0.4 is 0 Å². The molecule has 2 heterocycles. The highest BCUT2D eigenvalue weighted by molar-refractivity contribution is 7.47. The summed E-state index contributed by atoms with van der Waals surface area (Å²) >= 11 is 0. The third kappa shape index (κ3) is 25.6. The van der Waals surface area contributed by atoms with Crippen LogP contribution in [0.25, 0.3) is 0 Å². The molecule has 1 saturated heterocycles. The number of quaternary nitrogens is 1. The first-order valence-electron chi connectivity index (χ1n) is 22.9. The van der Waals surface area contributed by atoms with E-state index in [1.807, 2.05) is 21.1 Å². The topological polar surface area (TPSA) is 134 Å². The summed E-state index contributed by atoms with van der Waals surface area (Å²) < 4.78 is 46.4. The van der Waals surface area contributed by atoms with E-state index in [2.05, 4.69) is 39.8 Å². The molecule has 1 aliphatic heterocycles. The first-order valence-corrected chi connectivity index (χ1v) is 24.4. The maximum Gasteiger partial charge on any atom is 0.472 e. The van der Waals surface area contributed by atoms with Gasteiger partial charge in [0.05, 0.1) is 40.0 Å². The predicted molar refractivity (Wildman–Crippen MR) is 232 cm³/mol. The first-order chi connectivity index (χ1) is 27.7. The lowest BCUT2D eigenvalue weighted by Gasteiger charge is -2.24. The Morgan fingerprint density at radius 3 is 1.93 bits per heavy atom. The Balaban J connectivity index is 1.64. The molecule has 0 saturated carbocycles. The van der Waals surface area contributed by atoms with Gasteiger partial charge in [0.25, 0.3) is 0 Å². The van der Waals surface area contributed by atoms with Crippen molar-refractivity contribution in [2.75, 3.05) is 47.5 Å². The van der Waals surface area contributed by atoms with Crippen molar-refractivity contribution in [3.63, 3.8) is 0 Å². The number of phosphoric acid groups is 1. The molecule has 0 aliphatic carbocycles. The number of hydrogen-bond donors (Lipinski definition) is 1. The second-order valence-electron chi connectivity index (χ2n) is 17.4. The summed E-state index contributed by atoms with van der Waals surface area (Å²) in [6.07, 6.45) is 28.3. The molecule has 1 aromatic rings. The molecule has 1 N–H and O–H groups in total. The van der Waals surface area contributed by atoms with E-state index < -0.39 is 32.5 Å². The first kappa shape index (κ1) is 52.1. The van der Waals surface area contributed by atoms with E-state index in [-0.39, 0.29) is 26.1 Å². The summed E-state index contributed by atoms with van der Waals surface area (Å²) in [6, 6.07) is 0. The summed E-state index contributed by atoms with van der Waals surface area (Å²) in [5.41, 5.74) is 2.61. The van der Waals surface area contributed by atoms with Crippen LogP contribution in [0.15, 0.2) is 16.6 Å². The number of unbranched alkanes of at least 4 members (excludes halogenated alkanes) is 14. The predicted octanol–water partition coefficient (Wildman–Crippen LogP) is 11.2. The average molecular weight is 841 g/mol. The van der Waals surface area contributed by atoms with Gasteiger partial charge in [0.2, 0.25) is 0 Å². The van der Waals surface area contributed by atoms with Crippen LogP contribution >= 0.6 is 7.82 Å². The minimum atomic E-state index is -4.40. The third-order valence-electron chi connectivity index (χ3n) is 10.9. The number of likely N-dealkylation sites (N-methyl/N-ethyl adjacent to an activating group) is 1. The van der Waals surface area contributed by atoms with E-state index in [1.54, 1.807) is 0 Å². The van der Waals surface area contributed by atoms with Crippen molar-refractivity contribution >= 4 is 19.8 Å². The summed E-state index contributed by atoms with van der Waals surface area (Å²) in [7, 11) is 1.43. The van der Waals surface area contributed by atoms with Crippen LogP contribution in [-0.4, -0.2) is 87.1 Å². The van der Waals surface area contributed by atoms with Gasteiger partial charge in [-0.3, -0.25) is 18.6 Å². The summed E-state index contributed by atoms with van der Waals surface area (Å²) in [4.78, 5) is 35.6. The lowest BCUT2D eigenvalue weighted by molar-refractivity contribution is -0.870. The fraction of sp³-hybridized carbons (Fsp3) is 0.826. The van der Waals surface area contributed by atoms with Crippen LogP contribution in [0.1, 0.15) is 178 Å². The number of carbonyl (C=O) groups is 2. The number of aryl methyl sites for hydroxylation is 2. The minimum absolute atomic E-state index is 0.0193. The Labute approximate surface area is 352 Å². The van der Waals surface area contributed by atoms with E-state index in [9.17, 15) is 19.0 Å². The van der Waals surface area contributed by atoms with Crippen LogP contribution in [0.4, 0.5) is 0 Å². The lowest BCUT2D eigenvalue weighted by Crippen LogP contribution is -2.37. The maximum absolute atomic E-state index is 12.7. The molecule has 0 spiro atoms. The van der Waals surface area contributed by atoms with Crippen molar-refractivity contribution in [3.8, 4) is 0 Å². The molecular formula is C46H83NO10P+. The van der Waals surface area contributed by atoms with Crippen LogP contribution in [0.3, 0.4) is 0 Å². The fourth-order valence-corrected chi connectivity index (χ4v) is 7.65. The normalized spacial score (nSPS) is 17.1. The van der Waals surface area contributed by atoms with Gasteiger partial charge in [-0.05, 0) is 76.3 Å². The molecule has 1 aromatic heterocycles. The van der Waals surface area contributed by atoms with E-state index in [0.717, 1.165) is 95.0 Å². The molecule has 1 aliphatic rings. The number of hydrogen-bond acceptors (Lipinski definition) is 9. The number of epoxide rings is 1. The summed E-state index contributed by atoms with van der Waals surface area (Å²) in [6.45, 7) is 8.63. The summed E-state index contributed by atoms with van der Waals surface area (Å²) in [5, 5.41) is 0. The average Bonchev–Trinajstić information content (AvgIpc) is 3.86. The van der Waals surface area contributed by atoms with E-state index in [4.69, 9.17) is 27.7 Å². The fourth-order valence-electron chi connectivity index (χ4n) is 6.90. The van der Waals surface area contributed by atoms with Crippen molar-refractivity contribution in [1.82, 2.24) is 0 Å². The van der Waals surface area contributed by atoms with Gasteiger partial charge in [-0.2, -0.15) is 0 Å². The van der Waals surface area contributed by atoms with Crippen molar-refractivity contribution in [1.29, 1.82) is 0 Å². The molecule has 2 rings (SSSR count). The number of carbonyl (C=O) groups excluding carboxylic acids is 2. The standard InChI is InChI=1S/C46H82NO10P/c1-8-10-22-28-41-38(3)39(4)42(56-41)29-24-18-16-17-20-26-32-45(48)52-36-40(37-54-58(50,51)53-35-34-47(5,6)7)55-46(49)33-27-21-15-13-12-14-19-25-31-44-43(57-44)30-23-11-9-2/h19,25,40,43-44H,8-18,20-24,26-37H2,1-7H3/p+1/b25-19-/t40-,43?,44?/m1/s1. The van der Waals surface area contributed by atoms with E-state index in [1.165, 1.54) is 56.1 Å². The summed E-state index contributed by atoms with van der Waals surface area (Å²) in [5.74, 6) is 1.44. The molecule has 0 aromatic carbocycles. The molecule has 12 heteroatoms. The lowest BCUT2D eigenvalue weighted by atomic mass is 10.0. The van der Waals surface area contributed by atoms with Gasteiger partial charge in [0, 0.05) is 25.7 Å². The molecule has 4 atom stereocenters. The number of furan rings is 1. The number of rotatable bonds is 37. The minimum Gasteiger partial charge on any atom is -0.466 e. The maximum atomic E-state index is 12.7. The van der Waals surface area contributed by atoms with Gasteiger partial charge in [0.1, 0.15) is 31.3 Å². The molecule has 58 heavy (non-hydrogen) atoms. The number of phosphoric ester groups is 1. The molecule has 0 bridgehead atoms. The Bertz CT molecular complexity index is 1340. The zero-order valence-corrected chi connectivity index (χ0v) is 38.6. The molecule has 0 radical (unpaired) electrons. The second-order valence-corrected chi connectivity index (χ2v) is 18.9. The molecule has 3 unspecified atom stereocenters. The van der Waals surface area contributed by atoms with Crippen LogP contribution in [0.2, 0.25) is 0 Å². The van der Waals surface area contributed by atoms with Gasteiger partial charge < -0.3 is 28.0 Å². The Morgan fingerprint density at radius 1 is 0.724 bits per heavy atom. The number of ether oxygens (including phenoxy) is 3. The molecule has 336 valence electrons. The van der Waals surface area contributed by atoms with Gasteiger partial charge in [0.15, 0.2) is 6.10 Å². The molecule has 11 nitrogen and oxygen atoms in total. The molecule has 0 amide bonds. The van der Waals surface area contributed by atoms with Crippen LogP contribution in [0, 0.1) is 13.8 Å². The van der Waals surface area contributed by atoms with Gasteiger partial charge >= 0.3 is 19.8 Å². The molecular weight excluding hydrogens is 757 g/mol. The molecule has 1 fully saturated rings. The monoisotopic (exact) mass is 841 g/mol. The van der Waals surface area contributed by atoms with Crippen molar-refractivity contribution in [2.45, 2.75) is 200 Å². The smallest absolute Gasteiger partial charge is 0.466 e. The second kappa shape index (κ2) is 30.1. The van der Waals surface area contributed by atoms with Crippen molar-refractivity contribution < 1.29 is 51.2 Å². The zero-order valence-electron chi connectivity index (χ0n) is 37.7. The highest BCUT2D eigenvalue weighted by Crippen LogP contribution is 2.43. The van der Waals surface area contributed by atoms with Gasteiger partial charge in [-0.15, -0.1) is 0 Å². The number of allylic oxidation sites excluding steroid dienone is 1. The largest absolute Gasteiger partial charge is 0.472 e. The van der Waals surface area contributed by atoms with Gasteiger partial charge in [-0.1, -0.05) is 103 Å². The van der Waals surface area contributed by atoms with Gasteiger partial charge in [-0.25, -0.2) is 4.57 Å². The van der Waals surface area contributed by atoms with E-state index in [0.29, 0.717) is 36.1 Å².